The second-order valence-electron chi connectivity index (χ2n) is 2.60. The van der Waals surface area contributed by atoms with Gasteiger partial charge in [-0.3, -0.25) is 4.68 Å². The first-order valence-electron chi connectivity index (χ1n) is 3.51. The quantitative estimate of drug-likeness (QED) is 0.617. The fourth-order valence-electron chi connectivity index (χ4n) is 0.978. The molecule has 1 aromatic rings. The molecule has 0 radical (unpaired) electrons. The third-order valence-corrected chi connectivity index (χ3v) is 1.87. The van der Waals surface area contributed by atoms with Crippen LogP contribution in [0.25, 0.3) is 0 Å². The van der Waals surface area contributed by atoms with Gasteiger partial charge in [0.2, 0.25) is 0 Å². The van der Waals surface area contributed by atoms with E-state index >= 15 is 0 Å². The predicted octanol–water partition coefficient (Wildman–Crippen LogP) is -0.279. The highest BCUT2D eigenvalue weighted by atomic mass is 16.3. The second-order valence-corrected chi connectivity index (χ2v) is 2.60. The molecule has 4 nitrogen and oxygen atoms in total. The Hall–Kier alpha value is -0.870. The molecule has 1 rings (SSSR count). The largest absolute Gasteiger partial charge is 0.394 e. The highest BCUT2D eigenvalue weighted by Crippen LogP contribution is 2.12. The van der Waals surface area contributed by atoms with Crippen molar-refractivity contribution >= 4 is 0 Å². The van der Waals surface area contributed by atoms with Gasteiger partial charge in [-0.25, -0.2) is 0 Å². The van der Waals surface area contributed by atoms with E-state index < -0.39 is 0 Å². The Morgan fingerprint density at radius 1 is 1.82 bits per heavy atom. The number of aryl methyl sites for hydroxylation is 1. The molecule has 0 amide bonds. The van der Waals surface area contributed by atoms with Gasteiger partial charge < -0.3 is 10.8 Å². The van der Waals surface area contributed by atoms with Crippen LogP contribution in [0.5, 0.6) is 0 Å². The van der Waals surface area contributed by atoms with Crippen molar-refractivity contribution in [3.05, 3.63) is 17.5 Å². The Labute approximate surface area is 65.6 Å². The van der Waals surface area contributed by atoms with Crippen molar-refractivity contribution in [3.8, 4) is 0 Å². The van der Waals surface area contributed by atoms with E-state index in [1.54, 1.807) is 10.9 Å². The van der Waals surface area contributed by atoms with E-state index in [1.165, 1.54) is 0 Å². The van der Waals surface area contributed by atoms with E-state index in [4.69, 9.17) is 10.8 Å². The van der Waals surface area contributed by atoms with Gasteiger partial charge in [0.05, 0.1) is 18.8 Å². The number of hydrogen-bond acceptors (Lipinski definition) is 3. The maximum absolute atomic E-state index is 8.76. The molecular formula is C7H13N3O. The zero-order valence-corrected chi connectivity index (χ0v) is 6.78. The average molecular weight is 155 g/mol. The Kier molecular flexibility index (Phi) is 2.26. The maximum Gasteiger partial charge on any atom is 0.0625 e. The molecule has 3 N–H and O–H groups in total. The van der Waals surface area contributed by atoms with Gasteiger partial charge in [-0.2, -0.15) is 5.10 Å². The minimum absolute atomic E-state index is 0.0352. The molecule has 0 unspecified atom stereocenters. The molecule has 11 heavy (non-hydrogen) atoms. The third kappa shape index (κ3) is 1.41. The van der Waals surface area contributed by atoms with Gasteiger partial charge in [-0.05, 0) is 6.92 Å². The monoisotopic (exact) mass is 155 g/mol. The number of aromatic nitrogens is 2. The van der Waals surface area contributed by atoms with E-state index in [1.807, 2.05) is 14.0 Å². The van der Waals surface area contributed by atoms with E-state index in [0.29, 0.717) is 0 Å². The van der Waals surface area contributed by atoms with E-state index in [2.05, 4.69) is 5.10 Å². The van der Waals surface area contributed by atoms with Gasteiger partial charge in [0, 0.05) is 18.3 Å². The molecule has 1 heterocycles. The minimum Gasteiger partial charge on any atom is -0.394 e. The summed E-state index contributed by atoms with van der Waals surface area (Å²) in [6, 6.07) is -0.302. The van der Waals surface area contributed by atoms with Crippen molar-refractivity contribution in [3.63, 3.8) is 0 Å². The van der Waals surface area contributed by atoms with Gasteiger partial charge in [0.1, 0.15) is 0 Å². The molecule has 0 spiro atoms. The lowest BCUT2D eigenvalue weighted by atomic mass is 10.1. The summed E-state index contributed by atoms with van der Waals surface area (Å²) in [5.41, 5.74) is 7.52. The Morgan fingerprint density at radius 2 is 2.45 bits per heavy atom. The van der Waals surface area contributed by atoms with Gasteiger partial charge >= 0.3 is 0 Å². The van der Waals surface area contributed by atoms with Crippen LogP contribution in [0.3, 0.4) is 0 Å². The summed E-state index contributed by atoms with van der Waals surface area (Å²) in [6.45, 7) is 1.89. The van der Waals surface area contributed by atoms with Crippen molar-refractivity contribution in [2.24, 2.45) is 12.8 Å². The molecule has 4 heteroatoms. The van der Waals surface area contributed by atoms with Crippen molar-refractivity contribution in [2.45, 2.75) is 13.0 Å². The van der Waals surface area contributed by atoms with Gasteiger partial charge in [-0.15, -0.1) is 0 Å². The van der Waals surface area contributed by atoms with Crippen LogP contribution in [0, 0.1) is 6.92 Å². The summed E-state index contributed by atoms with van der Waals surface area (Å²) in [5, 5.41) is 12.8. The lowest BCUT2D eigenvalue weighted by Gasteiger charge is -2.06. The van der Waals surface area contributed by atoms with Crippen LogP contribution in [-0.4, -0.2) is 21.5 Å². The van der Waals surface area contributed by atoms with Crippen molar-refractivity contribution in [2.75, 3.05) is 6.61 Å². The third-order valence-electron chi connectivity index (χ3n) is 1.87. The fourth-order valence-corrected chi connectivity index (χ4v) is 0.978. The molecular weight excluding hydrogens is 142 g/mol. The van der Waals surface area contributed by atoms with Gasteiger partial charge in [0.25, 0.3) is 0 Å². The number of nitrogens with two attached hydrogens (primary N) is 1. The molecule has 62 valence electrons. The first-order valence-corrected chi connectivity index (χ1v) is 3.51. The summed E-state index contributed by atoms with van der Waals surface area (Å²) < 4.78 is 1.74. The Morgan fingerprint density at radius 3 is 2.82 bits per heavy atom. The molecule has 0 aliphatic carbocycles. The smallest absolute Gasteiger partial charge is 0.0625 e. The molecule has 0 aliphatic heterocycles. The van der Waals surface area contributed by atoms with Crippen LogP contribution in [0.1, 0.15) is 17.3 Å². The van der Waals surface area contributed by atoms with Gasteiger partial charge in [0.15, 0.2) is 0 Å². The van der Waals surface area contributed by atoms with Crippen molar-refractivity contribution in [1.82, 2.24) is 9.78 Å². The fraction of sp³-hybridized carbons (Fsp3) is 0.571. The first kappa shape index (κ1) is 8.23. The summed E-state index contributed by atoms with van der Waals surface area (Å²) in [5.74, 6) is 0. The van der Waals surface area contributed by atoms with Crippen molar-refractivity contribution < 1.29 is 5.11 Å². The summed E-state index contributed by atoms with van der Waals surface area (Å²) in [7, 11) is 1.85. The topological polar surface area (TPSA) is 64.1 Å². The highest BCUT2D eigenvalue weighted by Gasteiger charge is 2.10. The van der Waals surface area contributed by atoms with Crippen LogP contribution in [0.4, 0.5) is 0 Å². The van der Waals surface area contributed by atoms with E-state index in [9.17, 15) is 0 Å². The Bertz CT molecular complexity index is 244. The van der Waals surface area contributed by atoms with Crippen LogP contribution in [0.2, 0.25) is 0 Å². The molecule has 0 bridgehead atoms. The summed E-state index contributed by atoms with van der Waals surface area (Å²) >= 11 is 0. The maximum atomic E-state index is 8.76. The van der Waals surface area contributed by atoms with Gasteiger partial charge in [-0.1, -0.05) is 0 Å². The number of nitrogens with zero attached hydrogens (tertiary/aromatic N) is 2. The first-order chi connectivity index (χ1) is 5.16. The lowest BCUT2D eigenvalue weighted by Crippen LogP contribution is -2.15. The van der Waals surface area contributed by atoms with E-state index in [-0.39, 0.29) is 12.6 Å². The number of aliphatic hydroxyl groups is 1. The number of aliphatic hydroxyl groups excluding tert-OH is 1. The zero-order chi connectivity index (χ0) is 8.43. The standard InChI is InChI=1S/C7H13N3O/c1-5-6(7(8)4-11)3-9-10(5)2/h3,7,11H,4,8H2,1-2H3/t7-/m0/s1. The summed E-state index contributed by atoms with van der Waals surface area (Å²) in [6.07, 6.45) is 1.69. The van der Waals surface area contributed by atoms with Crippen LogP contribution < -0.4 is 5.73 Å². The normalized spacial score (nSPS) is 13.5. The molecule has 1 aromatic heterocycles. The molecule has 0 saturated heterocycles. The van der Waals surface area contributed by atoms with Crippen LogP contribution in [-0.2, 0) is 7.05 Å². The van der Waals surface area contributed by atoms with Crippen LogP contribution >= 0.6 is 0 Å². The highest BCUT2D eigenvalue weighted by molar-refractivity contribution is 5.19. The molecule has 0 aromatic carbocycles. The molecule has 1 atom stereocenters. The zero-order valence-electron chi connectivity index (χ0n) is 6.78. The predicted molar refractivity (Wildman–Crippen MR) is 42.0 cm³/mol. The average Bonchev–Trinajstić information content (AvgIpc) is 2.32. The second kappa shape index (κ2) is 3.02. The van der Waals surface area contributed by atoms with Crippen molar-refractivity contribution in [1.29, 1.82) is 0 Å². The SMILES string of the molecule is Cc1c([C@@H](N)CO)cnn1C. The van der Waals surface area contributed by atoms with Crippen LogP contribution in [0.15, 0.2) is 6.20 Å². The number of hydrogen-bond donors (Lipinski definition) is 2. The molecule has 0 saturated carbocycles. The Balaban J connectivity index is 2.94. The molecule has 0 fully saturated rings. The minimum atomic E-state index is -0.302. The lowest BCUT2D eigenvalue weighted by molar-refractivity contribution is 0.267. The molecule has 0 aliphatic rings. The summed E-state index contributed by atoms with van der Waals surface area (Å²) in [4.78, 5) is 0. The number of rotatable bonds is 2. The van der Waals surface area contributed by atoms with E-state index in [0.717, 1.165) is 11.3 Å².